The Hall–Kier alpha value is -0.261. The van der Waals surface area contributed by atoms with Crippen LogP contribution in [-0.4, -0.2) is 44.7 Å². The van der Waals surface area contributed by atoms with Crippen molar-refractivity contribution in [2.24, 2.45) is 11.8 Å². The summed E-state index contributed by atoms with van der Waals surface area (Å²) >= 11 is 1.45. The van der Waals surface area contributed by atoms with Crippen LogP contribution in [0.3, 0.4) is 0 Å². The van der Waals surface area contributed by atoms with Crippen molar-refractivity contribution < 1.29 is 19.8 Å². The molecule has 0 aliphatic carbocycles. The molecule has 0 aromatic rings. The van der Waals surface area contributed by atoms with Crippen molar-refractivity contribution >= 4 is 34.5 Å². The van der Waals surface area contributed by atoms with Gasteiger partial charge in [0.2, 0.25) is 0 Å². The van der Waals surface area contributed by atoms with E-state index in [-0.39, 0.29) is 11.8 Å². The van der Waals surface area contributed by atoms with Crippen molar-refractivity contribution in [2.45, 2.75) is 103 Å². The monoisotopic (exact) mass is 466 g/mol. The number of rotatable bonds is 12. The molecular weight excluding hydrogens is 423 g/mol. The van der Waals surface area contributed by atoms with Gasteiger partial charge in [0.05, 0.1) is 11.8 Å². The van der Waals surface area contributed by atoms with E-state index < -0.39 is 11.9 Å². The zero-order valence-electron chi connectivity index (χ0n) is 17.2. The molecule has 0 amide bonds. The average molecular weight is 465 g/mol. The van der Waals surface area contributed by atoms with E-state index in [2.05, 4.69) is 20.8 Å². The minimum atomic E-state index is -0.643. The van der Waals surface area contributed by atoms with Crippen LogP contribution in [0.25, 0.3) is 0 Å². The van der Waals surface area contributed by atoms with E-state index in [1.165, 1.54) is 39.8 Å². The van der Waals surface area contributed by atoms with Crippen molar-refractivity contribution in [1.82, 2.24) is 0 Å². The third-order valence-corrected chi connectivity index (χ3v) is 5.22. The van der Waals surface area contributed by atoms with E-state index in [4.69, 9.17) is 10.2 Å². The fraction of sp³-hybridized carbons (Fsp3) is 0.900. The van der Waals surface area contributed by atoms with E-state index in [1.807, 2.05) is 13.8 Å². The van der Waals surface area contributed by atoms with Crippen LogP contribution in [0.4, 0.5) is 0 Å². The molecule has 2 radical (unpaired) electrons. The van der Waals surface area contributed by atoms with Gasteiger partial charge in [0, 0.05) is 0 Å². The maximum absolute atomic E-state index is 10.4. The summed E-state index contributed by atoms with van der Waals surface area (Å²) in [4.78, 5) is 20.9. The summed E-state index contributed by atoms with van der Waals surface area (Å²) in [6.45, 7) is 10.2. The van der Waals surface area contributed by atoms with Gasteiger partial charge in [-0.1, -0.05) is 53.4 Å². The van der Waals surface area contributed by atoms with E-state index in [1.54, 1.807) is 0 Å². The average Bonchev–Trinajstić information content (AvgIpc) is 2.57. The first-order chi connectivity index (χ1) is 11.9. The fourth-order valence-electron chi connectivity index (χ4n) is 2.11. The second-order valence-electron chi connectivity index (χ2n) is 6.31. The Kier molecular flexibility index (Phi) is 28.0. The van der Waals surface area contributed by atoms with Gasteiger partial charge in [-0.3, -0.25) is 9.59 Å². The molecule has 2 atom stereocenters. The molecule has 25 heavy (non-hydrogen) atoms. The molecule has 0 saturated carbocycles. The molecule has 2 unspecified atom stereocenters. The molecule has 0 aromatic heterocycles. The number of carboxylic acids is 2. The summed E-state index contributed by atoms with van der Waals surface area (Å²) in [5.41, 5.74) is 0. The number of carboxylic acid groups (broad SMARTS) is 2. The van der Waals surface area contributed by atoms with Gasteiger partial charge in [-0.15, -0.1) is 0 Å². The van der Waals surface area contributed by atoms with E-state index >= 15 is 0 Å². The standard InChI is InChI=1S/2C8H16O2.C4H9.Sn.H/c2*1-3-5-6-7(4-2)8(9)10;1-3-4-2;;/h2*7H,3-6H2,1-2H3,(H,9,10);1,3-4H2,2H3;;. The van der Waals surface area contributed by atoms with E-state index in [0.717, 1.165) is 51.4 Å². The molecule has 2 N–H and O–H groups in total. The number of carbonyl (C=O) groups is 2. The van der Waals surface area contributed by atoms with Crippen LogP contribution in [0.2, 0.25) is 4.44 Å². The summed E-state index contributed by atoms with van der Waals surface area (Å²) in [7, 11) is 0. The SMILES string of the molecule is CCCCC(CC)C(=O)O.CCCCC(CC)C(=O)O.CCC[CH2][SnH]. The van der Waals surface area contributed by atoms with Crippen LogP contribution in [0.15, 0.2) is 0 Å². The van der Waals surface area contributed by atoms with Gasteiger partial charge < -0.3 is 10.2 Å². The van der Waals surface area contributed by atoms with Crippen LogP contribution in [-0.2, 0) is 9.59 Å². The first kappa shape index (κ1) is 29.5. The maximum atomic E-state index is 10.4. The van der Waals surface area contributed by atoms with Gasteiger partial charge in [-0.2, -0.15) is 0 Å². The number of hydrogen-bond acceptors (Lipinski definition) is 2. The topological polar surface area (TPSA) is 74.6 Å². The van der Waals surface area contributed by atoms with Crippen molar-refractivity contribution in [3.63, 3.8) is 0 Å². The molecule has 0 saturated heterocycles. The quantitative estimate of drug-likeness (QED) is 0.364. The van der Waals surface area contributed by atoms with Crippen LogP contribution >= 0.6 is 0 Å². The van der Waals surface area contributed by atoms with Crippen LogP contribution in [0, 0.1) is 11.8 Å². The summed E-state index contributed by atoms with van der Waals surface area (Å²) in [6, 6.07) is 0. The molecule has 5 heteroatoms. The number of hydrogen-bond donors (Lipinski definition) is 2. The summed E-state index contributed by atoms with van der Waals surface area (Å²) in [5, 5.41) is 17.2. The zero-order chi connectivity index (χ0) is 20.1. The van der Waals surface area contributed by atoms with E-state index in [9.17, 15) is 9.59 Å². The predicted octanol–water partition coefficient (Wildman–Crippen LogP) is 5.68. The van der Waals surface area contributed by atoms with Crippen molar-refractivity contribution in [3.8, 4) is 0 Å². The normalized spacial score (nSPS) is 12.1. The molecule has 0 aliphatic heterocycles. The number of unbranched alkanes of at least 4 members (excludes halogenated alkanes) is 3. The first-order valence-electron chi connectivity index (χ1n) is 10.0. The fourth-order valence-corrected chi connectivity index (χ4v) is 3.27. The second-order valence-corrected chi connectivity index (χ2v) is 7.96. The van der Waals surface area contributed by atoms with Crippen molar-refractivity contribution in [3.05, 3.63) is 0 Å². The Morgan fingerprint density at radius 1 is 0.720 bits per heavy atom. The van der Waals surface area contributed by atoms with Crippen LogP contribution in [0.5, 0.6) is 0 Å². The summed E-state index contributed by atoms with van der Waals surface area (Å²) < 4.78 is 1.47. The molecule has 0 spiro atoms. The molecule has 0 heterocycles. The van der Waals surface area contributed by atoms with Crippen LogP contribution in [0.1, 0.15) is 98.8 Å². The molecule has 4 nitrogen and oxygen atoms in total. The second kappa shape index (κ2) is 23.7. The third-order valence-electron chi connectivity index (χ3n) is 4.05. The predicted molar refractivity (Wildman–Crippen MR) is 109 cm³/mol. The first-order valence-corrected chi connectivity index (χ1v) is 12.3. The van der Waals surface area contributed by atoms with Gasteiger partial charge in [0.15, 0.2) is 0 Å². The molecule has 0 rings (SSSR count). The Labute approximate surface area is 169 Å². The molecular formula is C20H42O4Sn. The zero-order valence-corrected chi connectivity index (χ0v) is 20.5. The van der Waals surface area contributed by atoms with Gasteiger partial charge >= 0.3 is 58.7 Å². The third kappa shape index (κ3) is 23.7. The Morgan fingerprint density at radius 3 is 1.16 bits per heavy atom. The van der Waals surface area contributed by atoms with Gasteiger partial charge in [-0.25, -0.2) is 0 Å². The van der Waals surface area contributed by atoms with Gasteiger partial charge in [0.25, 0.3) is 0 Å². The van der Waals surface area contributed by atoms with Crippen LogP contribution < -0.4 is 0 Å². The van der Waals surface area contributed by atoms with Crippen molar-refractivity contribution in [1.29, 1.82) is 0 Å². The molecule has 150 valence electrons. The Morgan fingerprint density at radius 2 is 1.04 bits per heavy atom. The molecule has 0 aromatic carbocycles. The molecule has 0 aliphatic rings. The molecule has 0 fully saturated rings. The van der Waals surface area contributed by atoms with Gasteiger partial charge in [0.1, 0.15) is 0 Å². The van der Waals surface area contributed by atoms with E-state index in [0.29, 0.717) is 0 Å². The number of aliphatic carboxylic acids is 2. The summed E-state index contributed by atoms with van der Waals surface area (Å²) in [6.07, 6.45) is 10.3. The minimum absolute atomic E-state index is 0.111. The van der Waals surface area contributed by atoms with Crippen molar-refractivity contribution in [2.75, 3.05) is 0 Å². The summed E-state index contributed by atoms with van der Waals surface area (Å²) in [5.74, 6) is -1.51. The Bertz CT molecular complexity index is 267. The molecule has 0 bridgehead atoms. The Balaban J connectivity index is -0.000000308. The van der Waals surface area contributed by atoms with Gasteiger partial charge in [-0.05, 0) is 25.7 Å².